The minimum Gasteiger partial charge on any atom is -0.454 e. The molecule has 0 unspecified atom stereocenters. The number of hydrogen-bond donors (Lipinski definition) is 2. The molecule has 0 saturated heterocycles. The molecule has 0 bridgehead atoms. The number of rotatable bonds is 5. The Kier molecular flexibility index (Phi) is 4.80. The third-order valence-corrected chi connectivity index (χ3v) is 3.03. The Balaban J connectivity index is 1.94. The van der Waals surface area contributed by atoms with Crippen LogP contribution in [0.4, 0.5) is 5.69 Å². The monoisotopic (exact) mass is 316 g/mol. The number of amides is 2. The Morgan fingerprint density at radius 3 is 2.30 bits per heavy atom. The Labute approximate surface area is 132 Å². The van der Waals surface area contributed by atoms with Gasteiger partial charge in [0.2, 0.25) is 11.7 Å². The highest BCUT2D eigenvalue weighted by Crippen LogP contribution is 2.12. The molecule has 3 N–H and O–H groups in total. The summed E-state index contributed by atoms with van der Waals surface area (Å²) in [7, 11) is 0. The minimum absolute atomic E-state index is 0.0351. The molecule has 120 valence electrons. The Morgan fingerprint density at radius 2 is 1.78 bits per heavy atom. The van der Waals surface area contributed by atoms with Gasteiger partial charge in [0, 0.05) is 11.3 Å². The summed E-state index contributed by atoms with van der Waals surface area (Å²) >= 11 is 0. The largest absolute Gasteiger partial charge is 0.454 e. The van der Waals surface area contributed by atoms with E-state index >= 15 is 0 Å². The predicted molar refractivity (Wildman–Crippen MR) is 81.9 cm³/mol. The summed E-state index contributed by atoms with van der Waals surface area (Å²) < 4.78 is 10.2. The fourth-order valence-electron chi connectivity index (χ4n) is 1.78. The SMILES string of the molecule is Cc1ccc(C(=O)O[C@@H](C)C(=O)Nc2ccc(C(N)=O)cc2)o1. The van der Waals surface area contributed by atoms with E-state index in [1.165, 1.54) is 37.3 Å². The summed E-state index contributed by atoms with van der Waals surface area (Å²) in [6.45, 7) is 3.14. The van der Waals surface area contributed by atoms with Crippen molar-refractivity contribution < 1.29 is 23.5 Å². The van der Waals surface area contributed by atoms with Crippen LogP contribution in [0, 0.1) is 6.92 Å². The molecule has 0 aliphatic rings. The number of nitrogens with two attached hydrogens (primary N) is 1. The van der Waals surface area contributed by atoms with Crippen molar-refractivity contribution >= 4 is 23.5 Å². The third kappa shape index (κ3) is 4.19. The zero-order chi connectivity index (χ0) is 17.0. The molecule has 0 fully saturated rings. The highest BCUT2D eigenvalue weighted by Gasteiger charge is 2.21. The Bertz CT molecular complexity index is 733. The fraction of sp³-hybridized carbons (Fsp3) is 0.188. The van der Waals surface area contributed by atoms with Crippen molar-refractivity contribution in [2.75, 3.05) is 5.32 Å². The van der Waals surface area contributed by atoms with Crippen LogP contribution < -0.4 is 11.1 Å². The van der Waals surface area contributed by atoms with Crippen molar-refractivity contribution in [1.82, 2.24) is 0 Å². The predicted octanol–water partition coefficient (Wildman–Crippen LogP) is 1.87. The van der Waals surface area contributed by atoms with E-state index in [2.05, 4.69) is 5.32 Å². The van der Waals surface area contributed by atoms with Gasteiger partial charge in [-0.15, -0.1) is 0 Å². The molecule has 1 atom stereocenters. The van der Waals surface area contributed by atoms with Gasteiger partial charge in [-0.05, 0) is 50.2 Å². The van der Waals surface area contributed by atoms with Crippen molar-refractivity contribution in [2.45, 2.75) is 20.0 Å². The molecule has 1 heterocycles. The number of ether oxygens (including phenoxy) is 1. The van der Waals surface area contributed by atoms with E-state index in [-0.39, 0.29) is 5.76 Å². The first-order valence-corrected chi connectivity index (χ1v) is 6.85. The molecule has 7 heteroatoms. The Morgan fingerprint density at radius 1 is 1.13 bits per heavy atom. The number of carbonyl (C=O) groups excluding carboxylic acids is 3. The lowest BCUT2D eigenvalue weighted by atomic mass is 10.2. The summed E-state index contributed by atoms with van der Waals surface area (Å²) in [4.78, 5) is 34.8. The number of furan rings is 1. The normalized spacial score (nSPS) is 11.6. The van der Waals surface area contributed by atoms with Crippen LogP contribution in [-0.2, 0) is 9.53 Å². The molecule has 7 nitrogen and oxygen atoms in total. The van der Waals surface area contributed by atoms with Crippen LogP contribution in [0.15, 0.2) is 40.8 Å². The summed E-state index contributed by atoms with van der Waals surface area (Å²) in [5.41, 5.74) is 5.92. The molecular weight excluding hydrogens is 300 g/mol. The number of primary amides is 1. The molecular formula is C16H16N2O5. The number of esters is 1. The number of anilines is 1. The highest BCUT2D eigenvalue weighted by molar-refractivity contribution is 5.97. The molecule has 0 saturated carbocycles. The van der Waals surface area contributed by atoms with Crippen molar-refractivity contribution in [1.29, 1.82) is 0 Å². The standard InChI is InChI=1S/C16H16N2O5/c1-9-3-8-13(22-9)16(21)23-10(2)15(20)18-12-6-4-11(5-7-12)14(17)19/h3-8,10H,1-2H3,(H2,17,19)(H,18,20)/t10-/m0/s1. The van der Waals surface area contributed by atoms with Gasteiger partial charge in [0.05, 0.1) is 0 Å². The highest BCUT2D eigenvalue weighted by atomic mass is 16.6. The topological polar surface area (TPSA) is 112 Å². The van der Waals surface area contributed by atoms with E-state index in [0.29, 0.717) is 17.0 Å². The fourth-order valence-corrected chi connectivity index (χ4v) is 1.78. The maximum atomic E-state index is 12.0. The summed E-state index contributed by atoms with van der Waals surface area (Å²) in [6.07, 6.45) is -1.01. The number of aryl methyl sites for hydroxylation is 1. The van der Waals surface area contributed by atoms with E-state index < -0.39 is 23.9 Å². The molecule has 23 heavy (non-hydrogen) atoms. The number of carbonyl (C=O) groups is 3. The van der Waals surface area contributed by atoms with Gasteiger partial charge >= 0.3 is 5.97 Å². The Hall–Kier alpha value is -3.09. The first-order chi connectivity index (χ1) is 10.9. The second-order valence-corrected chi connectivity index (χ2v) is 4.89. The van der Waals surface area contributed by atoms with Crippen molar-refractivity contribution in [2.24, 2.45) is 5.73 Å². The zero-order valence-electron chi connectivity index (χ0n) is 12.7. The average Bonchev–Trinajstić information content (AvgIpc) is 2.94. The van der Waals surface area contributed by atoms with E-state index in [1.54, 1.807) is 13.0 Å². The lowest BCUT2D eigenvalue weighted by molar-refractivity contribution is -0.123. The lowest BCUT2D eigenvalue weighted by Crippen LogP contribution is -2.29. The van der Waals surface area contributed by atoms with Crippen LogP contribution in [0.1, 0.15) is 33.6 Å². The van der Waals surface area contributed by atoms with Crippen molar-refractivity contribution in [3.63, 3.8) is 0 Å². The first kappa shape index (κ1) is 16.3. The van der Waals surface area contributed by atoms with Gasteiger partial charge in [0.15, 0.2) is 6.10 Å². The summed E-state index contributed by atoms with van der Waals surface area (Å²) in [6, 6.07) is 9.14. The van der Waals surface area contributed by atoms with Gasteiger partial charge in [0.25, 0.3) is 5.91 Å². The van der Waals surface area contributed by atoms with Crippen LogP contribution in [0.3, 0.4) is 0 Å². The van der Waals surface area contributed by atoms with Gasteiger partial charge < -0.3 is 20.2 Å². The van der Waals surface area contributed by atoms with Crippen molar-refractivity contribution in [3.8, 4) is 0 Å². The number of nitrogens with one attached hydrogen (secondary N) is 1. The lowest BCUT2D eigenvalue weighted by Gasteiger charge is -2.12. The van der Waals surface area contributed by atoms with Gasteiger partial charge in [-0.1, -0.05) is 0 Å². The molecule has 1 aromatic heterocycles. The van der Waals surface area contributed by atoms with Gasteiger partial charge in [0.1, 0.15) is 5.76 Å². The van der Waals surface area contributed by atoms with Crippen LogP contribution in [0.25, 0.3) is 0 Å². The van der Waals surface area contributed by atoms with E-state index in [0.717, 1.165) is 0 Å². The van der Waals surface area contributed by atoms with E-state index in [9.17, 15) is 14.4 Å². The first-order valence-electron chi connectivity index (χ1n) is 6.85. The maximum Gasteiger partial charge on any atom is 0.375 e. The number of hydrogen-bond acceptors (Lipinski definition) is 5. The van der Waals surface area contributed by atoms with Gasteiger partial charge in [-0.3, -0.25) is 9.59 Å². The second kappa shape index (κ2) is 6.78. The summed E-state index contributed by atoms with van der Waals surface area (Å²) in [5.74, 6) is -1.17. The third-order valence-electron chi connectivity index (χ3n) is 3.03. The molecule has 2 amide bonds. The van der Waals surface area contributed by atoms with Crippen molar-refractivity contribution in [3.05, 3.63) is 53.5 Å². The van der Waals surface area contributed by atoms with Gasteiger partial charge in [-0.2, -0.15) is 0 Å². The second-order valence-electron chi connectivity index (χ2n) is 4.89. The minimum atomic E-state index is -1.01. The van der Waals surface area contributed by atoms with Crippen LogP contribution >= 0.6 is 0 Å². The molecule has 0 spiro atoms. The van der Waals surface area contributed by atoms with E-state index in [1.807, 2.05) is 0 Å². The van der Waals surface area contributed by atoms with Crippen LogP contribution in [0.5, 0.6) is 0 Å². The molecule has 2 rings (SSSR count). The van der Waals surface area contributed by atoms with Gasteiger partial charge in [-0.25, -0.2) is 4.79 Å². The maximum absolute atomic E-state index is 12.0. The average molecular weight is 316 g/mol. The molecule has 0 aliphatic carbocycles. The molecule has 0 aliphatic heterocycles. The molecule has 1 aromatic carbocycles. The zero-order valence-corrected chi connectivity index (χ0v) is 12.7. The number of benzene rings is 1. The smallest absolute Gasteiger partial charge is 0.375 e. The van der Waals surface area contributed by atoms with Crippen LogP contribution in [0.2, 0.25) is 0 Å². The molecule has 2 aromatic rings. The van der Waals surface area contributed by atoms with Crippen LogP contribution in [-0.4, -0.2) is 23.9 Å². The van der Waals surface area contributed by atoms with E-state index in [4.69, 9.17) is 14.9 Å². The molecule has 0 radical (unpaired) electrons. The summed E-state index contributed by atoms with van der Waals surface area (Å²) in [5, 5.41) is 2.57. The quantitative estimate of drug-likeness (QED) is 0.818.